The van der Waals surface area contributed by atoms with Crippen LogP contribution in [-0.2, 0) is 11.0 Å². The molecule has 150 valence electrons. The average Bonchev–Trinajstić information content (AvgIpc) is 2.64. The lowest BCUT2D eigenvalue weighted by Gasteiger charge is -2.11. The van der Waals surface area contributed by atoms with Gasteiger partial charge in [0.05, 0.1) is 17.8 Å². The number of carbonyl (C=O) groups is 1. The number of halogens is 5. The van der Waals surface area contributed by atoms with Gasteiger partial charge in [-0.05, 0) is 37.3 Å². The van der Waals surface area contributed by atoms with Crippen molar-refractivity contribution in [3.8, 4) is 5.75 Å². The molecule has 5 nitrogen and oxygen atoms in total. The standard InChI is InChI=1S/C18H16F5N3O2/c1-11(14-7-2-3-8-15(14)28-17(19)20)25-26-16(27)10-24-13-6-4-5-12(9-13)18(21,22)23/h2-9,17,24H,10H2,1H3,(H,26,27)/b25-11-. The molecule has 0 spiro atoms. The summed E-state index contributed by atoms with van der Waals surface area (Å²) in [5.74, 6) is -0.737. The molecule has 0 radical (unpaired) electrons. The molecule has 0 atom stereocenters. The van der Waals surface area contributed by atoms with Crippen LogP contribution in [0.1, 0.15) is 18.1 Å². The van der Waals surface area contributed by atoms with E-state index in [9.17, 15) is 26.7 Å². The van der Waals surface area contributed by atoms with Crippen LogP contribution in [0.4, 0.5) is 27.6 Å². The monoisotopic (exact) mass is 401 g/mol. The summed E-state index contributed by atoms with van der Waals surface area (Å²) in [7, 11) is 0. The number of nitrogens with zero attached hydrogens (tertiary/aromatic N) is 1. The number of amides is 1. The van der Waals surface area contributed by atoms with Gasteiger partial charge in [-0.2, -0.15) is 27.1 Å². The van der Waals surface area contributed by atoms with Crippen LogP contribution >= 0.6 is 0 Å². The summed E-state index contributed by atoms with van der Waals surface area (Å²) in [6.45, 7) is -1.87. The molecular formula is C18H16F5N3O2. The summed E-state index contributed by atoms with van der Waals surface area (Å²) in [5, 5.41) is 6.36. The first-order chi connectivity index (χ1) is 13.2. The van der Waals surface area contributed by atoms with Gasteiger partial charge in [-0.15, -0.1) is 0 Å². The summed E-state index contributed by atoms with van der Waals surface area (Å²) >= 11 is 0. The quantitative estimate of drug-likeness (QED) is 0.414. The van der Waals surface area contributed by atoms with E-state index in [4.69, 9.17) is 0 Å². The third kappa shape index (κ3) is 6.22. The lowest BCUT2D eigenvalue weighted by atomic mass is 10.1. The molecule has 0 aliphatic carbocycles. The highest BCUT2D eigenvalue weighted by molar-refractivity contribution is 6.01. The van der Waals surface area contributed by atoms with Gasteiger partial charge < -0.3 is 10.1 Å². The van der Waals surface area contributed by atoms with Gasteiger partial charge in [0.15, 0.2) is 0 Å². The Balaban J connectivity index is 1.97. The molecule has 0 heterocycles. The van der Waals surface area contributed by atoms with Crippen molar-refractivity contribution in [3.05, 3.63) is 59.7 Å². The normalized spacial score (nSPS) is 12.0. The highest BCUT2D eigenvalue weighted by Crippen LogP contribution is 2.30. The number of ether oxygens (including phenoxy) is 1. The number of rotatable bonds is 7. The molecule has 0 saturated carbocycles. The fourth-order valence-electron chi connectivity index (χ4n) is 2.20. The first kappa shape index (κ1) is 21.1. The molecule has 10 heteroatoms. The molecule has 0 aliphatic heterocycles. The lowest BCUT2D eigenvalue weighted by molar-refractivity contribution is -0.137. The Hall–Kier alpha value is -3.17. The van der Waals surface area contributed by atoms with Gasteiger partial charge in [-0.1, -0.05) is 18.2 Å². The zero-order valence-electron chi connectivity index (χ0n) is 14.6. The molecule has 0 unspecified atom stereocenters. The Kier molecular flexibility index (Phi) is 6.91. The minimum absolute atomic E-state index is 0.102. The third-order valence-electron chi connectivity index (χ3n) is 3.48. The van der Waals surface area contributed by atoms with Gasteiger partial charge in [0.2, 0.25) is 0 Å². The van der Waals surface area contributed by atoms with Crippen LogP contribution in [0.25, 0.3) is 0 Å². The van der Waals surface area contributed by atoms with Crippen molar-refractivity contribution in [2.24, 2.45) is 5.10 Å². The maximum atomic E-state index is 12.7. The zero-order chi connectivity index (χ0) is 20.7. The summed E-state index contributed by atoms with van der Waals surface area (Å²) in [4.78, 5) is 11.8. The largest absolute Gasteiger partial charge is 0.434 e. The van der Waals surface area contributed by atoms with Crippen molar-refractivity contribution in [1.29, 1.82) is 0 Å². The highest BCUT2D eigenvalue weighted by atomic mass is 19.4. The molecular weight excluding hydrogens is 385 g/mol. The average molecular weight is 401 g/mol. The second-order valence-corrected chi connectivity index (χ2v) is 5.54. The van der Waals surface area contributed by atoms with E-state index in [1.165, 1.54) is 37.3 Å². The first-order valence-corrected chi connectivity index (χ1v) is 7.95. The number of benzene rings is 2. The summed E-state index contributed by atoms with van der Waals surface area (Å²) in [6.07, 6.45) is -4.49. The molecule has 0 bridgehead atoms. The Morgan fingerprint density at radius 3 is 2.54 bits per heavy atom. The maximum Gasteiger partial charge on any atom is 0.416 e. The van der Waals surface area contributed by atoms with E-state index in [0.29, 0.717) is 0 Å². The first-order valence-electron chi connectivity index (χ1n) is 7.95. The fourth-order valence-corrected chi connectivity index (χ4v) is 2.20. The molecule has 1 amide bonds. The minimum Gasteiger partial charge on any atom is -0.434 e. The molecule has 0 saturated heterocycles. The van der Waals surface area contributed by atoms with Gasteiger partial charge in [0, 0.05) is 11.3 Å². The molecule has 0 aromatic heterocycles. The van der Waals surface area contributed by atoms with Crippen molar-refractivity contribution in [2.45, 2.75) is 19.7 Å². The van der Waals surface area contributed by atoms with Gasteiger partial charge in [0.25, 0.3) is 5.91 Å². The van der Waals surface area contributed by atoms with E-state index >= 15 is 0 Å². The number of para-hydroxylation sites is 1. The second-order valence-electron chi connectivity index (χ2n) is 5.54. The number of anilines is 1. The van der Waals surface area contributed by atoms with Crippen LogP contribution in [0, 0.1) is 0 Å². The van der Waals surface area contributed by atoms with Gasteiger partial charge in [-0.25, -0.2) is 5.43 Å². The predicted octanol–water partition coefficient (Wildman–Crippen LogP) is 4.26. The number of hydrazone groups is 1. The summed E-state index contributed by atoms with van der Waals surface area (Å²) in [6, 6.07) is 10.3. The number of alkyl halides is 5. The van der Waals surface area contributed by atoms with Crippen molar-refractivity contribution in [3.63, 3.8) is 0 Å². The summed E-state index contributed by atoms with van der Waals surface area (Å²) in [5.41, 5.74) is 1.94. The van der Waals surface area contributed by atoms with E-state index in [2.05, 4.69) is 20.6 Å². The number of hydrogen-bond donors (Lipinski definition) is 2. The van der Waals surface area contributed by atoms with E-state index in [1.54, 1.807) is 6.07 Å². The van der Waals surface area contributed by atoms with Gasteiger partial charge in [0.1, 0.15) is 5.75 Å². The lowest BCUT2D eigenvalue weighted by Crippen LogP contribution is -2.27. The smallest absolute Gasteiger partial charge is 0.416 e. The SMILES string of the molecule is C/C(=N/NC(=O)CNc1cccc(C(F)(F)F)c1)c1ccccc1OC(F)F. The van der Waals surface area contributed by atoms with Gasteiger partial charge >= 0.3 is 12.8 Å². The molecule has 2 rings (SSSR count). The van der Waals surface area contributed by atoms with E-state index in [0.717, 1.165) is 12.1 Å². The van der Waals surface area contributed by atoms with Gasteiger partial charge in [-0.3, -0.25) is 4.79 Å². The van der Waals surface area contributed by atoms with Crippen LogP contribution in [0.2, 0.25) is 0 Å². The maximum absolute atomic E-state index is 12.7. The zero-order valence-corrected chi connectivity index (χ0v) is 14.6. The van der Waals surface area contributed by atoms with Crippen LogP contribution in [0.15, 0.2) is 53.6 Å². The van der Waals surface area contributed by atoms with Crippen molar-refractivity contribution in [2.75, 3.05) is 11.9 Å². The molecule has 2 N–H and O–H groups in total. The summed E-state index contributed by atoms with van der Waals surface area (Å²) < 4.78 is 67.3. The number of carbonyl (C=O) groups excluding carboxylic acids is 1. The van der Waals surface area contributed by atoms with E-state index in [1.807, 2.05) is 0 Å². The van der Waals surface area contributed by atoms with Crippen molar-refractivity contribution >= 4 is 17.3 Å². The molecule has 28 heavy (non-hydrogen) atoms. The topological polar surface area (TPSA) is 62.7 Å². The molecule has 0 fully saturated rings. The Labute approximate surface area is 157 Å². The van der Waals surface area contributed by atoms with Crippen LogP contribution in [0.3, 0.4) is 0 Å². The van der Waals surface area contributed by atoms with E-state index in [-0.39, 0.29) is 29.3 Å². The minimum atomic E-state index is -4.49. The Bertz CT molecular complexity index is 853. The van der Waals surface area contributed by atoms with Crippen LogP contribution in [-0.4, -0.2) is 24.8 Å². The second kappa shape index (κ2) is 9.16. The van der Waals surface area contributed by atoms with Crippen LogP contribution in [0.5, 0.6) is 5.75 Å². The fraction of sp³-hybridized carbons (Fsp3) is 0.222. The van der Waals surface area contributed by atoms with E-state index < -0.39 is 24.3 Å². The molecule has 2 aromatic carbocycles. The van der Waals surface area contributed by atoms with Crippen molar-refractivity contribution < 1.29 is 31.5 Å². The molecule has 2 aromatic rings. The number of nitrogens with one attached hydrogen (secondary N) is 2. The third-order valence-corrected chi connectivity index (χ3v) is 3.48. The van der Waals surface area contributed by atoms with Crippen LogP contribution < -0.4 is 15.5 Å². The highest BCUT2D eigenvalue weighted by Gasteiger charge is 2.30. The number of hydrogen-bond acceptors (Lipinski definition) is 4. The Morgan fingerprint density at radius 1 is 1.14 bits per heavy atom. The van der Waals surface area contributed by atoms with Crippen molar-refractivity contribution in [1.82, 2.24) is 5.43 Å². The predicted molar refractivity (Wildman–Crippen MR) is 93.4 cm³/mol. The molecule has 0 aliphatic rings. The Morgan fingerprint density at radius 2 is 1.86 bits per heavy atom.